The number of rotatable bonds is 45. The van der Waals surface area contributed by atoms with Crippen LogP contribution in [-0.4, -0.2) is 201 Å². The third-order valence-electron chi connectivity index (χ3n) is 11.1. The van der Waals surface area contributed by atoms with Gasteiger partial charge in [-0.1, -0.05) is 13.3 Å². The van der Waals surface area contributed by atoms with E-state index in [-0.39, 0.29) is 58.2 Å². The van der Waals surface area contributed by atoms with Gasteiger partial charge in [0.15, 0.2) is 17.9 Å². The first-order chi connectivity index (χ1) is 37.5. The molecule has 2 aromatic heterocycles. The largest absolute Gasteiger partial charge is 0.420 e. The number of aliphatic hydroxyl groups excluding tert-OH is 1. The quantitative estimate of drug-likeness (QED) is 0.0154. The number of unbranched alkanes of at least 4 members (excludes halogenated alkanes) is 2. The molecule has 25 heteroatoms. The van der Waals surface area contributed by atoms with Gasteiger partial charge in [0.2, 0.25) is 29.2 Å². The SMILES string of the molecule is CCCN(CCCNc1ncccn1)C(=O)C1=Cc2sc(CCCCCN(C)CCOCCOC(CO)OCCOCCOCCOCCOCCOCCOCCC(=O)Oc3c(F)c(F)cc(F)c3F)cc2N=C(N)C1. The van der Waals surface area contributed by atoms with Crippen LogP contribution in [0, 0.1) is 23.3 Å². The van der Waals surface area contributed by atoms with Crippen LogP contribution in [0.4, 0.5) is 29.2 Å². The number of nitrogens with zero attached hydrogens (tertiary/aromatic N) is 5. The lowest BCUT2D eigenvalue weighted by molar-refractivity contribution is -0.175. The summed E-state index contributed by atoms with van der Waals surface area (Å²) in [6.07, 6.45) is 10.2. The summed E-state index contributed by atoms with van der Waals surface area (Å²) in [5, 5.41) is 12.8. The van der Waals surface area contributed by atoms with E-state index in [2.05, 4.69) is 50.0 Å². The number of likely N-dealkylation sites (N-methyl/N-ethyl adjacent to an activating group) is 1. The predicted octanol–water partition coefficient (Wildman–Crippen LogP) is 5.72. The van der Waals surface area contributed by atoms with Crippen LogP contribution in [0.5, 0.6) is 5.75 Å². The Kier molecular flexibility index (Phi) is 33.3. The summed E-state index contributed by atoms with van der Waals surface area (Å²) in [5.74, 6) is -8.51. The van der Waals surface area contributed by atoms with E-state index in [4.69, 9.17) is 48.4 Å². The summed E-state index contributed by atoms with van der Waals surface area (Å²) in [7, 11) is 2.08. The van der Waals surface area contributed by atoms with E-state index in [1.165, 1.54) is 4.88 Å². The van der Waals surface area contributed by atoms with Gasteiger partial charge in [0.1, 0.15) is 5.84 Å². The van der Waals surface area contributed by atoms with Gasteiger partial charge in [-0.2, -0.15) is 8.78 Å². The number of hydrogen-bond acceptors (Lipinski definition) is 20. The Morgan fingerprint density at radius 3 is 1.88 bits per heavy atom. The Bertz CT molecular complexity index is 2160. The fourth-order valence-corrected chi connectivity index (χ4v) is 8.34. The highest BCUT2D eigenvalue weighted by molar-refractivity contribution is 7.13. The van der Waals surface area contributed by atoms with Crippen LogP contribution < -0.4 is 15.8 Å². The molecular weight excluding hydrogens is 1040 g/mol. The summed E-state index contributed by atoms with van der Waals surface area (Å²) in [6.45, 7) is 10.1. The molecule has 0 saturated carbocycles. The molecule has 77 heavy (non-hydrogen) atoms. The lowest BCUT2D eigenvalue weighted by atomic mass is 10.1. The number of amides is 1. The Morgan fingerprint density at radius 2 is 1.30 bits per heavy atom. The van der Waals surface area contributed by atoms with Crippen molar-refractivity contribution in [3.8, 4) is 5.75 Å². The van der Waals surface area contributed by atoms with Crippen molar-refractivity contribution >= 4 is 46.8 Å². The summed E-state index contributed by atoms with van der Waals surface area (Å²) >= 11 is 1.68. The molecule has 3 heterocycles. The fraction of sp³-hybridized carbons (Fsp3) is 0.635. The highest BCUT2D eigenvalue weighted by Crippen LogP contribution is 2.36. The number of aliphatic imine (C=N–C) groups is 1. The minimum absolute atomic E-state index is 0.000186. The van der Waals surface area contributed by atoms with Crippen molar-refractivity contribution in [3.63, 3.8) is 0 Å². The van der Waals surface area contributed by atoms with Crippen molar-refractivity contribution in [1.82, 2.24) is 19.8 Å². The molecule has 1 aromatic carbocycles. The molecule has 1 amide bonds. The van der Waals surface area contributed by atoms with E-state index < -0.39 is 47.7 Å². The number of ether oxygens (including phenoxy) is 10. The molecule has 4 rings (SSSR count). The molecular formula is C52H77F4N7O13S. The number of fused-ring (bicyclic) bond motifs is 1. The van der Waals surface area contributed by atoms with Gasteiger partial charge >= 0.3 is 5.97 Å². The third-order valence-corrected chi connectivity index (χ3v) is 12.3. The maximum Gasteiger partial charge on any atom is 0.313 e. The average Bonchev–Trinajstić information content (AvgIpc) is 3.72. The van der Waals surface area contributed by atoms with Crippen LogP contribution in [0.3, 0.4) is 0 Å². The van der Waals surface area contributed by atoms with Gasteiger partial charge in [0.05, 0.1) is 129 Å². The van der Waals surface area contributed by atoms with Crippen LogP contribution in [0.2, 0.25) is 0 Å². The molecule has 1 unspecified atom stereocenters. The molecule has 0 saturated heterocycles. The Labute approximate surface area is 452 Å². The van der Waals surface area contributed by atoms with Crippen molar-refractivity contribution in [2.45, 2.75) is 64.6 Å². The molecule has 20 nitrogen and oxygen atoms in total. The molecule has 1 aliphatic rings. The molecule has 0 radical (unpaired) electrons. The number of aryl methyl sites for hydroxylation is 1. The molecule has 432 valence electrons. The lowest BCUT2D eigenvalue weighted by Gasteiger charge is -2.23. The Hall–Kier alpha value is -4.77. The zero-order chi connectivity index (χ0) is 55.3. The number of esters is 1. The zero-order valence-electron chi connectivity index (χ0n) is 44.3. The molecule has 1 aliphatic heterocycles. The first-order valence-corrected chi connectivity index (χ1v) is 26.9. The van der Waals surface area contributed by atoms with Gasteiger partial charge in [-0.3, -0.25) is 9.59 Å². The number of nitrogens with two attached hydrogens (primary N) is 1. The maximum atomic E-state index is 13.7. The normalized spacial score (nSPS) is 12.8. The zero-order valence-corrected chi connectivity index (χ0v) is 45.2. The third kappa shape index (κ3) is 27.1. The second-order valence-corrected chi connectivity index (χ2v) is 18.5. The molecule has 0 aliphatic carbocycles. The fourth-order valence-electron chi connectivity index (χ4n) is 7.23. The molecule has 0 fully saturated rings. The number of hydrogen-bond donors (Lipinski definition) is 3. The highest BCUT2D eigenvalue weighted by atomic mass is 32.1. The number of benzene rings is 1. The van der Waals surface area contributed by atoms with E-state index in [1.54, 1.807) is 29.8 Å². The lowest BCUT2D eigenvalue weighted by Crippen LogP contribution is -2.35. The van der Waals surface area contributed by atoms with Crippen molar-refractivity contribution in [1.29, 1.82) is 0 Å². The van der Waals surface area contributed by atoms with Gasteiger partial charge in [-0.25, -0.2) is 23.7 Å². The second-order valence-electron chi connectivity index (χ2n) is 17.3. The van der Waals surface area contributed by atoms with E-state index in [0.29, 0.717) is 109 Å². The summed E-state index contributed by atoms with van der Waals surface area (Å²) in [6, 6.07) is 3.89. The molecule has 0 spiro atoms. The van der Waals surface area contributed by atoms with Crippen LogP contribution in [0.15, 0.2) is 41.2 Å². The summed E-state index contributed by atoms with van der Waals surface area (Å²) < 4.78 is 107. The summed E-state index contributed by atoms with van der Waals surface area (Å²) in [5.41, 5.74) is 7.82. The van der Waals surface area contributed by atoms with Crippen LogP contribution >= 0.6 is 11.3 Å². The first-order valence-electron chi connectivity index (χ1n) is 26.1. The van der Waals surface area contributed by atoms with Gasteiger partial charge in [-0.05, 0) is 63.9 Å². The summed E-state index contributed by atoms with van der Waals surface area (Å²) in [4.78, 5) is 44.9. The number of carbonyl (C=O) groups excluding carboxylic acids is 2. The van der Waals surface area contributed by atoms with Gasteiger partial charge in [0.25, 0.3) is 0 Å². The smallest absolute Gasteiger partial charge is 0.313 e. The van der Waals surface area contributed by atoms with E-state index in [0.717, 1.165) is 62.2 Å². The minimum atomic E-state index is -1.80. The Morgan fingerprint density at radius 1 is 0.727 bits per heavy atom. The van der Waals surface area contributed by atoms with Crippen LogP contribution in [0.25, 0.3) is 6.08 Å². The van der Waals surface area contributed by atoms with Crippen LogP contribution in [0.1, 0.15) is 61.6 Å². The monoisotopic (exact) mass is 1120 g/mol. The molecule has 4 N–H and O–H groups in total. The number of nitrogens with one attached hydrogen (secondary N) is 1. The van der Waals surface area contributed by atoms with Gasteiger partial charge in [-0.15, -0.1) is 11.3 Å². The molecule has 3 aromatic rings. The number of aliphatic hydroxyl groups is 1. The van der Waals surface area contributed by atoms with E-state index in [1.807, 2.05) is 11.0 Å². The van der Waals surface area contributed by atoms with Gasteiger partial charge in [0, 0.05) is 61.5 Å². The second kappa shape index (κ2) is 39.6. The van der Waals surface area contributed by atoms with Gasteiger partial charge < -0.3 is 73.3 Å². The van der Waals surface area contributed by atoms with Crippen molar-refractivity contribution < 1.29 is 79.6 Å². The number of aromatic nitrogens is 2. The first kappa shape index (κ1) is 64.8. The molecule has 0 bridgehead atoms. The maximum absolute atomic E-state index is 13.7. The topological polar surface area (TPSA) is 229 Å². The number of anilines is 1. The number of thiophene rings is 1. The number of halogens is 4. The standard InChI is InChI=1S/C52H77F4N7O13S/c1-3-14-63(16-8-13-60-52-58-11-7-12-59-52)51(66)39-34-44-43(61-45(57)35-39)36-40(77-44)9-5-4-6-15-62(2)17-19-68-30-32-74-47(38-64)75-33-31-73-29-28-72-27-26-71-25-24-70-23-22-69-21-20-67-18-10-46(65)76-50-48(55)41(53)37-42(54)49(50)56/h7,11-12,34,36-37,47,64H,3-6,8-10,13-33,35,38H2,1-2H3,(H2,57,61)(H,58,59,60). The van der Waals surface area contributed by atoms with Crippen LogP contribution in [-0.2, 0) is 58.6 Å². The number of carbonyl (C=O) groups is 2. The van der Waals surface area contributed by atoms with E-state index in [9.17, 15) is 32.3 Å². The average molecular weight is 1120 g/mol. The number of amidine groups is 1. The predicted molar refractivity (Wildman–Crippen MR) is 280 cm³/mol. The van der Waals surface area contributed by atoms with Crippen molar-refractivity contribution in [2.75, 3.05) is 157 Å². The molecule has 1 atom stereocenters. The minimum Gasteiger partial charge on any atom is -0.420 e. The highest BCUT2D eigenvalue weighted by Gasteiger charge is 2.24. The Balaban J connectivity index is 0.890. The van der Waals surface area contributed by atoms with Crippen molar-refractivity contribution in [2.24, 2.45) is 10.7 Å². The van der Waals surface area contributed by atoms with E-state index >= 15 is 0 Å². The van der Waals surface area contributed by atoms with Crippen molar-refractivity contribution in [3.05, 3.63) is 69.2 Å².